The van der Waals surface area contributed by atoms with E-state index in [0.29, 0.717) is 22.0 Å². The van der Waals surface area contributed by atoms with Gasteiger partial charge in [0.15, 0.2) is 11.5 Å². The van der Waals surface area contributed by atoms with Crippen LogP contribution in [0.2, 0.25) is 5.02 Å². The molecule has 1 heterocycles. The number of hydrogen-bond acceptors (Lipinski definition) is 5. The average molecular weight is 401 g/mol. The zero-order valence-corrected chi connectivity index (χ0v) is 15.9. The topological polar surface area (TPSA) is 84.9 Å². The first-order valence-corrected chi connectivity index (χ1v) is 8.82. The van der Waals surface area contributed by atoms with Gasteiger partial charge in [-0.25, -0.2) is 5.01 Å². The summed E-state index contributed by atoms with van der Waals surface area (Å²) in [5.41, 5.74) is 3.46. The van der Waals surface area contributed by atoms with Gasteiger partial charge in [0.25, 0.3) is 11.8 Å². The van der Waals surface area contributed by atoms with Crippen LogP contribution in [0, 0.1) is 0 Å². The molecular formula is C20H17ClN2O5. The van der Waals surface area contributed by atoms with Crippen LogP contribution in [0.4, 0.5) is 5.69 Å². The summed E-state index contributed by atoms with van der Waals surface area (Å²) < 4.78 is 10.4. The molecule has 1 fully saturated rings. The predicted octanol–water partition coefficient (Wildman–Crippen LogP) is 3.13. The lowest BCUT2D eigenvalue weighted by Gasteiger charge is -2.14. The molecule has 3 rings (SSSR count). The summed E-state index contributed by atoms with van der Waals surface area (Å²) in [6.45, 7) is 1.68. The van der Waals surface area contributed by atoms with Crippen molar-refractivity contribution in [2.24, 2.45) is 0 Å². The average Bonchev–Trinajstić information content (AvgIpc) is 2.97. The molecule has 1 N–H and O–H groups in total. The summed E-state index contributed by atoms with van der Waals surface area (Å²) in [6.07, 6.45) is 1.67. The number of hydrazine groups is 1. The van der Waals surface area contributed by atoms with Gasteiger partial charge in [0.2, 0.25) is 0 Å². The van der Waals surface area contributed by atoms with Crippen molar-refractivity contribution in [1.29, 1.82) is 0 Å². The molecule has 0 atom stereocenters. The monoisotopic (exact) mass is 400 g/mol. The zero-order chi connectivity index (χ0) is 20.3. The quantitative estimate of drug-likeness (QED) is 0.361. The standard InChI is InChI=1S/C20H17ClN2O5/c1-3-18(24)28-16-8-7-12(10-17(16)27-2)9-15-19(25)22-23(20(15)26)14-6-4-5-13(21)11-14/h4-11H,3H2,1-2H3,(H,22,25). The van der Waals surface area contributed by atoms with Gasteiger partial charge in [-0.1, -0.05) is 30.7 Å². The van der Waals surface area contributed by atoms with Crippen molar-refractivity contribution in [3.63, 3.8) is 0 Å². The molecular weight excluding hydrogens is 384 g/mol. The molecule has 0 aromatic heterocycles. The smallest absolute Gasteiger partial charge is 0.311 e. The molecule has 0 aliphatic carbocycles. The first-order chi connectivity index (χ1) is 13.4. The third-order valence-electron chi connectivity index (χ3n) is 3.97. The van der Waals surface area contributed by atoms with Gasteiger partial charge in [-0.3, -0.25) is 19.8 Å². The molecule has 144 valence electrons. The summed E-state index contributed by atoms with van der Waals surface area (Å²) in [6, 6.07) is 11.3. The van der Waals surface area contributed by atoms with E-state index in [1.165, 1.54) is 13.2 Å². The van der Waals surface area contributed by atoms with E-state index >= 15 is 0 Å². The van der Waals surface area contributed by atoms with Gasteiger partial charge in [-0.2, -0.15) is 0 Å². The summed E-state index contributed by atoms with van der Waals surface area (Å²) in [4.78, 5) is 36.4. The number of carbonyl (C=O) groups excluding carboxylic acids is 3. The number of carbonyl (C=O) groups is 3. The Morgan fingerprint density at radius 3 is 2.64 bits per heavy atom. The van der Waals surface area contributed by atoms with Crippen molar-refractivity contribution in [2.75, 3.05) is 12.1 Å². The Kier molecular flexibility index (Phi) is 5.65. The van der Waals surface area contributed by atoms with Gasteiger partial charge in [0.1, 0.15) is 5.57 Å². The maximum Gasteiger partial charge on any atom is 0.311 e. The highest BCUT2D eigenvalue weighted by molar-refractivity contribution is 6.33. The van der Waals surface area contributed by atoms with Crippen molar-refractivity contribution in [1.82, 2.24) is 5.43 Å². The summed E-state index contributed by atoms with van der Waals surface area (Å²) in [7, 11) is 1.43. The summed E-state index contributed by atoms with van der Waals surface area (Å²) in [5, 5.41) is 1.58. The van der Waals surface area contributed by atoms with E-state index in [-0.39, 0.29) is 17.7 Å². The van der Waals surface area contributed by atoms with E-state index in [2.05, 4.69) is 5.43 Å². The van der Waals surface area contributed by atoms with Crippen molar-refractivity contribution in [2.45, 2.75) is 13.3 Å². The summed E-state index contributed by atoms with van der Waals surface area (Å²) >= 11 is 5.95. The van der Waals surface area contributed by atoms with Crippen molar-refractivity contribution >= 4 is 41.1 Å². The Hall–Kier alpha value is -3.32. The predicted molar refractivity (Wildman–Crippen MR) is 104 cm³/mol. The number of nitrogens with zero attached hydrogens (tertiary/aromatic N) is 1. The minimum Gasteiger partial charge on any atom is -0.493 e. The Bertz CT molecular complexity index is 986. The summed E-state index contributed by atoms with van der Waals surface area (Å²) in [5.74, 6) is -0.863. The van der Waals surface area contributed by atoms with Crippen LogP contribution < -0.4 is 19.9 Å². The second-order valence-electron chi connectivity index (χ2n) is 5.86. The lowest BCUT2D eigenvalue weighted by molar-refractivity contribution is -0.134. The lowest BCUT2D eigenvalue weighted by Crippen LogP contribution is -2.35. The van der Waals surface area contributed by atoms with Gasteiger partial charge in [0.05, 0.1) is 12.8 Å². The van der Waals surface area contributed by atoms with Crippen LogP contribution in [0.25, 0.3) is 6.08 Å². The fourth-order valence-corrected chi connectivity index (χ4v) is 2.76. The number of ether oxygens (including phenoxy) is 2. The van der Waals surface area contributed by atoms with Crippen LogP contribution in [-0.4, -0.2) is 24.9 Å². The second kappa shape index (κ2) is 8.14. The highest BCUT2D eigenvalue weighted by Gasteiger charge is 2.34. The number of amides is 2. The highest BCUT2D eigenvalue weighted by Crippen LogP contribution is 2.30. The lowest BCUT2D eigenvalue weighted by atomic mass is 10.1. The molecule has 0 spiro atoms. The number of esters is 1. The Balaban J connectivity index is 1.89. The van der Waals surface area contributed by atoms with Crippen molar-refractivity contribution in [3.05, 3.63) is 58.6 Å². The Morgan fingerprint density at radius 2 is 1.96 bits per heavy atom. The molecule has 2 aromatic rings. The van der Waals surface area contributed by atoms with E-state index in [9.17, 15) is 14.4 Å². The second-order valence-corrected chi connectivity index (χ2v) is 6.29. The number of nitrogens with one attached hydrogen (secondary N) is 1. The van der Waals surface area contributed by atoms with Crippen LogP contribution in [0.1, 0.15) is 18.9 Å². The third kappa shape index (κ3) is 3.99. The number of rotatable bonds is 5. The van der Waals surface area contributed by atoms with Crippen LogP contribution in [-0.2, 0) is 14.4 Å². The number of benzene rings is 2. The first-order valence-electron chi connectivity index (χ1n) is 8.44. The molecule has 28 heavy (non-hydrogen) atoms. The van der Waals surface area contributed by atoms with E-state index < -0.39 is 17.8 Å². The molecule has 1 aliphatic rings. The first kappa shape index (κ1) is 19.4. The number of halogens is 1. The van der Waals surface area contributed by atoms with Crippen LogP contribution in [0.5, 0.6) is 11.5 Å². The number of methoxy groups -OCH3 is 1. The van der Waals surface area contributed by atoms with Crippen molar-refractivity contribution in [3.8, 4) is 11.5 Å². The van der Waals surface area contributed by atoms with E-state index in [4.69, 9.17) is 21.1 Å². The van der Waals surface area contributed by atoms with Gasteiger partial charge in [-0.15, -0.1) is 0 Å². The molecule has 1 saturated heterocycles. The minimum absolute atomic E-state index is 0.0414. The molecule has 0 saturated carbocycles. The van der Waals surface area contributed by atoms with Crippen LogP contribution >= 0.6 is 11.6 Å². The van der Waals surface area contributed by atoms with E-state index in [1.807, 2.05) is 0 Å². The number of anilines is 1. The third-order valence-corrected chi connectivity index (χ3v) is 4.20. The number of hydrogen-bond donors (Lipinski definition) is 1. The molecule has 0 radical (unpaired) electrons. The Labute approximate surface area is 166 Å². The normalized spacial score (nSPS) is 15.0. The molecule has 2 amide bonds. The molecule has 1 aliphatic heterocycles. The van der Waals surface area contributed by atoms with E-state index in [1.54, 1.807) is 49.4 Å². The molecule has 7 nitrogen and oxygen atoms in total. The molecule has 2 aromatic carbocycles. The van der Waals surface area contributed by atoms with Gasteiger partial charge in [0, 0.05) is 11.4 Å². The van der Waals surface area contributed by atoms with Gasteiger partial charge < -0.3 is 9.47 Å². The van der Waals surface area contributed by atoms with Gasteiger partial charge in [-0.05, 0) is 42.0 Å². The zero-order valence-electron chi connectivity index (χ0n) is 15.2. The SMILES string of the molecule is CCC(=O)Oc1ccc(C=C2C(=O)NN(c3cccc(Cl)c3)C2=O)cc1OC. The Morgan fingerprint density at radius 1 is 1.18 bits per heavy atom. The maximum atomic E-state index is 12.7. The largest absolute Gasteiger partial charge is 0.493 e. The van der Waals surface area contributed by atoms with Gasteiger partial charge >= 0.3 is 5.97 Å². The maximum absolute atomic E-state index is 12.7. The van der Waals surface area contributed by atoms with Crippen molar-refractivity contribution < 1.29 is 23.9 Å². The van der Waals surface area contributed by atoms with Crippen LogP contribution in [0.3, 0.4) is 0 Å². The molecule has 8 heteroatoms. The minimum atomic E-state index is -0.537. The fraction of sp³-hybridized carbons (Fsp3) is 0.150. The fourth-order valence-electron chi connectivity index (χ4n) is 2.57. The van der Waals surface area contributed by atoms with Crippen LogP contribution in [0.15, 0.2) is 48.0 Å². The highest BCUT2D eigenvalue weighted by atomic mass is 35.5. The molecule has 0 bridgehead atoms. The molecule has 0 unspecified atom stereocenters. The van der Waals surface area contributed by atoms with E-state index in [0.717, 1.165) is 5.01 Å².